The van der Waals surface area contributed by atoms with E-state index in [1.807, 2.05) is 48.5 Å². The highest BCUT2D eigenvalue weighted by Gasteiger charge is 2.15. The molecule has 0 fully saturated rings. The van der Waals surface area contributed by atoms with Crippen LogP contribution in [0.15, 0.2) is 42.5 Å². The van der Waals surface area contributed by atoms with Crippen molar-refractivity contribution in [1.82, 2.24) is 0 Å². The Kier molecular flexibility index (Phi) is 2.84. The average molecular weight is 258 g/mol. The summed E-state index contributed by atoms with van der Waals surface area (Å²) in [7, 11) is 0. The Labute approximate surface area is 116 Å². The summed E-state index contributed by atoms with van der Waals surface area (Å²) in [6.45, 7) is 0. The Morgan fingerprint density at radius 1 is 1.00 bits per heavy atom. The Bertz CT molecular complexity index is 898. The minimum absolute atomic E-state index is 0.0911. The van der Waals surface area contributed by atoms with Crippen molar-refractivity contribution in [1.29, 1.82) is 10.5 Å². The van der Waals surface area contributed by atoms with Gasteiger partial charge in [-0.3, -0.25) is 0 Å². The van der Waals surface area contributed by atoms with Gasteiger partial charge in [0.05, 0.1) is 17.7 Å². The highest BCUT2D eigenvalue weighted by Crippen LogP contribution is 2.24. The quantitative estimate of drug-likeness (QED) is 0.663. The molecule has 3 nitrogen and oxygen atoms in total. The van der Waals surface area contributed by atoms with Crippen LogP contribution in [0.3, 0.4) is 0 Å². The molecule has 1 atom stereocenters. The summed E-state index contributed by atoms with van der Waals surface area (Å²) < 4.78 is 0. The fourth-order valence-corrected chi connectivity index (χ4v) is 2.55. The number of hydrogen-bond donors (Lipinski definition) is 1. The van der Waals surface area contributed by atoms with E-state index >= 15 is 0 Å². The van der Waals surface area contributed by atoms with Gasteiger partial charge >= 0.3 is 0 Å². The van der Waals surface area contributed by atoms with Crippen molar-refractivity contribution in [3.05, 3.63) is 58.5 Å². The van der Waals surface area contributed by atoms with Gasteiger partial charge in [-0.25, -0.2) is 0 Å². The van der Waals surface area contributed by atoms with Gasteiger partial charge in [-0.15, -0.1) is 0 Å². The topological polar surface area (TPSA) is 67.8 Å². The van der Waals surface area contributed by atoms with Crippen LogP contribution in [0, 0.1) is 22.7 Å². The zero-order valence-electron chi connectivity index (χ0n) is 10.5. The molecule has 0 saturated heterocycles. The van der Waals surface area contributed by atoms with Gasteiger partial charge < -0.3 is 5.11 Å². The predicted molar refractivity (Wildman–Crippen MR) is 75.3 cm³/mol. The number of hydrogen-bond acceptors (Lipinski definition) is 3. The molecule has 0 aromatic heterocycles. The number of nitrogens with zero attached hydrogens (tertiary/aromatic N) is 2. The van der Waals surface area contributed by atoms with E-state index < -0.39 is 6.10 Å². The summed E-state index contributed by atoms with van der Waals surface area (Å²) >= 11 is 0. The minimum Gasteiger partial charge on any atom is -0.373 e. The first kappa shape index (κ1) is 12.2. The molecule has 1 aliphatic carbocycles. The van der Waals surface area contributed by atoms with Crippen LogP contribution in [0.25, 0.3) is 22.8 Å². The summed E-state index contributed by atoms with van der Waals surface area (Å²) in [5.74, 6) is 0. The van der Waals surface area contributed by atoms with Crippen molar-refractivity contribution in [3.63, 3.8) is 0 Å². The molecule has 20 heavy (non-hydrogen) atoms. The molecule has 0 aliphatic heterocycles. The molecule has 0 amide bonds. The van der Waals surface area contributed by atoms with Crippen LogP contribution in [0.5, 0.6) is 0 Å². The van der Waals surface area contributed by atoms with Crippen LogP contribution in [0.2, 0.25) is 0 Å². The van der Waals surface area contributed by atoms with Crippen LogP contribution in [-0.2, 0) is 0 Å². The Morgan fingerprint density at radius 2 is 1.75 bits per heavy atom. The fourth-order valence-electron chi connectivity index (χ4n) is 2.55. The largest absolute Gasteiger partial charge is 0.373 e. The molecular weight excluding hydrogens is 248 g/mol. The van der Waals surface area contributed by atoms with E-state index in [0.29, 0.717) is 5.22 Å². The molecule has 0 heterocycles. The molecule has 0 radical (unpaired) electrons. The van der Waals surface area contributed by atoms with Crippen LogP contribution < -0.4 is 10.4 Å². The molecule has 2 aromatic rings. The molecule has 1 unspecified atom stereocenters. The molecule has 1 N–H and O–H groups in total. The third kappa shape index (κ3) is 1.70. The molecule has 2 aromatic carbocycles. The molecule has 3 rings (SSSR count). The number of rotatable bonds is 1. The molecule has 0 saturated carbocycles. The first-order chi connectivity index (χ1) is 9.76. The van der Waals surface area contributed by atoms with Gasteiger partial charge in [-0.2, -0.15) is 10.5 Å². The smallest absolute Gasteiger partial charge is 0.176 e. The number of aliphatic hydroxyl groups excluding tert-OH is 1. The lowest BCUT2D eigenvalue weighted by molar-refractivity contribution is 0.287. The first-order valence-electron chi connectivity index (χ1n) is 6.18. The fraction of sp³-hybridized carbons (Fsp3) is 0.0588. The summed E-state index contributed by atoms with van der Waals surface area (Å²) in [6, 6.07) is 17.2. The van der Waals surface area contributed by atoms with Crippen molar-refractivity contribution >= 4 is 11.6 Å². The number of benzene rings is 2. The van der Waals surface area contributed by atoms with E-state index in [4.69, 9.17) is 5.26 Å². The highest BCUT2D eigenvalue weighted by atomic mass is 16.3. The van der Waals surface area contributed by atoms with E-state index in [0.717, 1.165) is 21.9 Å². The monoisotopic (exact) mass is 258 g/mol. The predicted octanol–water partition coefficient (Wildman–Crippen LogP) is 1.05. The van der Waals surface area contributed by atoms with Crippen LogP contribution >= 0.6 is 0 Å². The number of nitriles is 2. The van der Waals surface area contributed by atoms with Crippen molar-refractivity contribution in [3.8, 4) is 23.3 Å². The molecule has 0 bridgehead atoms. The summed E-state index contributed by atoms with van der Waals surface area (Å²) in [5, 5.41) is 29.2. The molecule has 94 valence electrons. The van der Waals surface area contributed by atoms with Gasteiger partial charge in [0.1, 0.15) is 0 Å². The van der Waals surface area contributed by atoms with Gasteiger partial charge in [0, 0.05) is 0 Å². The molecule has 1 aliphatic rings. The van der Waals surface area contributed by atoms with Gasteiger partial charge in [0.2, 0.25) is 0 Å². The normalized spacial score (nSPS) is 14.2. The zero-order chi connectivity index (χ0) is 14.1. The van der Waals surface area contributed by atoms with E-state index in [9.17, 15) is 10.4 Å². The SMILES string of the molecule is N#CC(=c1cccc2c1=Cc1ccccc1-2)C(O)C#N. The molecular formula is C17H10N2O. The second-order valence-electron chi connectivity index (χ2n) is 4.56. The standard InChI is InChI=1S/C17H10N2O/c18-9-16(17(20)10-19)14-7-3-6-13-12-5-2-1-4-11(12)8-15(13)14/h1-8,17,20H. The lowest BCUT2D eigenvalue weighted by Gasteiger charge is -2.02. The van der Waals surface area contributed by atoms with E-state index in [1.54, 1.807) is 12.1 Å². The molecule has 3 heteroatoms. The zero-order valence-corrected chi connectivity index (χ0v) is 10.5. The summed E-state index contributed by atoms with van der Waals surface area (Å²) in [4.78, 5) is 0. The Morgan fingerprint density at radius 3 is 2.50 bits per heavy atom. The van der Waals surface area contributed by atoms with Crippen molar-refractivity contribution in [2.24, 2.45) is 0 Å². The first-order valence-corrected chi connectivity index (χ1v) is 6.18. The third-order valence-corrected chi connectivity index (χ3v) is 3.46. The minimum atomic E-state index is -1.40. The third-order valence-electron chi connectivity index (χ3n) is 3.46. The number of fused-ring (bicyclic) bond motifs is 3. The highest BCUT2D eigenvalue weighted by molar-refractivity contribution is 5.84. The van der Waals surface area contributed by atoms with Crippen LogP contribution in [-0.4, -0.2) is 11.2 Å². The average Bonchev–Trinajstić information content (AvgIpc) is 2.87. The van der Waals surface area contributed by atoms with E-state index in [2.05, 4.69) is 0 Å². The van der Waals surface area contributed by atoms with Gasteiger partial charge in [-0.1, -0.05) is 42.5 Å². The number of aliphatic hydroxyl groups is 1. The van der Waals surface area contributed by atoms with E-state index in [1.165, 1.54) is 0 Å². The lowest BCUT2D eigenvalue weighted by atomic mass is 10.0. The van der Waals surface area contributed by atoms with Crippen LogP contribution in [0.1, 0.15) is 5.56 Å². The van der Waals surface area contributed by atoms with Crippen LogP contribution in [0.4, 0.5) is 0 Å². The maximum absolute atomic E-state index is 9.68. The lowest BCUT2D eigenvalue weighted by Crippen LogP contribution is -2.30. The summed E-state index contributed by atoms with van der Waals surface area (Å²) in [5.41, 5.74) is 3.30. The second-order valence-corrected chi connectivity index (χ2v) is 4.56. The maximum Gasteiger partial charge on any atom is 0.176 e. The van der Waals surface area contributed by atoms with Gasteiger partial charge in [-0.05, 0) is 33.2 Å². The van der Waals surface area contributed by atoms with Gasteiger partial charge in [0.15, 0.2) is 6.10 Å². The Balaban J connectivity index is 2.43. The Hall–Kier alpha value is -2.88. The second kappa shape index (κ2) is 4.66. The van der Waals surface area contributed by atoms with Crippen molar-refractivity contribution < 1.29 is 5.11 Å². The molecule has 0 spiro atoms. The maximum atomic E-state index is 9.68. The van der Waals surface area contributed by atoms with Gasteiger partial charge in [0.25, 0.3) is 0 Å². The van der Waals surface area contributed by atoms with Crippen molar-refractivity contribution in [2.75, 3.05) is 0 Å². The summed E-state index contributed by atoms with van der Waals surface area (Å²) in [6.07, 6.45) is 0.588. The van der Waals surface area contributed by atoms with Crippen molar-refractivity contribution in [2.45, 2.75) is 6.10 Å². The van der Waals surface area contributed by atoms with E-state index in [-0.39, 0.29) is 5.57 Å².